The number of nitrogens with zero attached hydrogens (tertiary/aromatic N) is 4. The minimum atomic E-state index is -2.66. The van der Waals surface area contributed by atoms with Gasteiger partial charge in [-0.1, -0.05) is 6.07 Å². The molecule has 0 saturated heterocycles. The fourth-order valence-corrected chi connectivity index (χ4v) is 3.26. The zero-order chi connectivity index (χ0) is 23.3. The fourth-order valence-electron chi connectivity index (χ4n) is 3.26. The summed E-state index contributed by atoms with van der Waals surface area (Å²) in [6.07, 6.45) is 2.28. The Kier molecular flexibility index (Phi) is 7.01. The van der Waals surface area contributed by atoms with Gasteiger partial charge in [-0.15, -0.1) is 0 Å². The third-order valence-corrected chi connectivity index (χ3v) is 4.55. The average molecular weight is 444 g/mol. The van der Waals surface area contributed by atoms with Crippen molar-refractivity contribution >= 4 is 17.7 Å². The van der Waals surface area contributed by atoms with Crippen LogP contribution in [0, 0.1) is 6.92 Å². The Bertz CT molecular complexity index is 1080. The molecule has 0 bridgehead atoms. The van der Waals surface area contributed by atoms with Crippen molar-refractivity contribution in [1.29, 1.82) is 0 Å². The molecule has 2 heterocycles. The van der Waals surface area contributed by atoms with Gasteiger partial charge in [-0.25, -0.2) is 23.5 Å². The summed E-state index contributed by atoms with van der Waals surface area (Å²) in [6, 6.07) is 6.73. The molecule has 170 valence electrons. The predicted octanol–water partition coefficient (Wildman–Crippen LogP) is 4.43. The Morgan fingerprint density at radius 2 is 2.00 bits per heavy atom. The number of aryl methyl sites for hydroxylation is 1. The molecule has 0 saturated carbocycles. The van der Waals surface area contributed by atoms with Gasteiger partial charge in [0.2, 0.25) is 5.95 Å². The molecule has 0 spiro atoms. The number of carbonyl (C=O) groups excluding carboxylic acids is 1. The van der Waals surface area contributed by atoms with E-state index in [0.717, 1.165) is 16.7 Å². The summed E-state index contributed by atoms with van der Waals surface area (Å²) < 4.78 is 27.6. The van der Waals surface area contributed by atoms with E-state index in [-0.39, 0.29) is 17.7 Å². The van der Waals surface area contributed by atoms with Crippen LogP contribution < -0.4 is 16.0 Å². The van der Waals surface area contributed by atoms with Crippen LogP contribution >= 0.6 is 0 Å². The molecule has 8 nitrogen and oxygen atoms in total. The van der Waals surface area contributed by atoms with Gasteiger partial charge in [0.05, 0.1) is 18.3 Å². The standard InChI is InChI=1S/C22H27F2N7O/c1-5-25-21(32)30-22(3,4)13-31-12-16(11-27-31)15-8-14(2)9-17(10-15)28-20-26-7-6-18(29-20)19(23)24/h6-12,19H,5,13H2,1-4H3,(H2,25,30,32)(H,26,28,29). The first-order valence-electron chi connectivity index (χ1n) is 10.2. The van der Waals surface area contributed by atoms with E-state index in [1.54, 1.807) is 10.9 Å². The van der Waals surface area contributed by atoms with Crippen molar-refractivity contribution < 1.29 is 13.6 Å². The molecule has 0 unspecified atom stereocenters. The number of hydrogen-bond acceptors (Lipinski definition) is 5. The van der Waals surface area contributed by atoms with Crippen LogP contribution in [-0.2, 0) is 6.54 Å². The second-order valence-electron chi connectivity index (χ2n) is 8.11. The highest BCUT2D eigenvalue weighted by atomic mass is 19.3. The Balaban J connectivity index is 1.77. The van der Waals surface area contributed by atoms with Crippen molar-refractivity contribution in [2.75, 3.05) is 11.9 Å². The molecule has 10 heteroatoms. The van der Waals surface area contributed by atoms with Gasteiger partial charge in [-0.2, -0.15) is 5.10 Å². The molecular formula is C22H27F2N7O. The monoisotopic (exact) mass is 443 g/mol. The maximum absolute atomic E-state index is 12.9. The number of alkyl halides is 2. The second-order valence-corrected chi connectivity index (χ2v) is 8.11. The van der Waals surface area contributed by atoms with Crippen LogP contribution in [0.15, 0.2) is 42.9 Å². The lowest BCUT2D eigenvalue weighted by Gasteiger charge is -2.26. The summed E-state index contributed by atoms with van der Waals surface area (Å²) in [5.41, 5.74) is 2.60. The van der Waals surface area contributed by atoms with Crippen LogP contribution in [0.2, 0.25) is 0 Å². The van der Waals surface area contributed by atoms with Gasteiger partial charge in [0.1, 0.15) is 5.69 Å². The normalized spacial score (nSPS) is 11.5. The number of nitrogens with one attached hydrogen (secondary N) is 3. The quantitative estimate of drug-likeness (QED) is 0.479. The lowest BCUT2D eigenvalue weighted by Crippen LogP contribution is -2.50. The molecule has 0 radical (unpaired) electrons. The number of anilines is 2. The highest BCUT2D eigenvalue weighted by molar-refractivity contribution is 5.74. The summed E-state index contributed by atoms with van der Waals surface area (Å²) >= 11 is 0. The number of aromatic nitrogens is 4. The van der Waals surface area contributed by atoms with E-state index < -0.39 is 12.0 Å². The van der Waals surface area contributed by atoms with Crippen LogP contribution in [0.25, 0.3) is 11.1 Å². The van der Waals surface area contributed by atoms with E-state index in [1.165, 1.54) is 12.3 Å². The third-order valence-electron chi connectivity index (χ3n) is 4.55. The SMILES string of the molecule is CCNC(=O)NC(C)(C)Cn1cc(-c2cc(C)cc(Nc3nccc(C(F)F)n3)c2)cn1. The molecule has 0 aliphatic heterocycles. The smallest absolute Gasteiger partial charge is 0.315 e. The van der Waals surface area contributed by atoms with Crippen molar-refractivity contribution in [3.8, 4) is 11.1 Å². The number of rotatable bonds is 8. The van der Waals surface area contributed by atoms with Crippen molar-refractivity contribution in [2.24, 2.45) is 0 Å². The minimum absolute atomic E-state index is 0.105. The fraction of sp³-hybridized carbons (Fsp3) is 0.364. The summed E-state index contributed by atoms with van der Waals surface area (Å²) in [5, 5.41) is 13.1. The highest BCUT2D eigenvalue weighted by Crippen LogP contribution is 2.26. The number of carbonyl (C=O) groups is 1. The molecule has 0 aliphatic carbocycles. The Hall–Kier alpha value is -3.56. The van der Waals surface area contributed by atoms with Crippen LogP contribution in [0.5, 0.6) is 0 Å². The first-order chi connectivity index (χ1) is 15.1. The van der Waals surface area contributed by atoms with Crippen LogP contribution in [0.3, 0.4) is 0 Å². The molecular weight excluding hydrogens is 416 g/mol. The number of amides is 2. The van der Waals surface area contributed by atoms with Crippen LogP contribution in [-0.4, -0.2) is 37.9 Å². The summed E-state index contributed by atoms with van der Waals surface area (Å²) in [4.78, 5) is 19.7. The molecule has 0 fully saturated rings. The molecule has 32 heavy (non-hydrogen) atoms. The Morgan fingerprint density at radius 3 is 2.72 bits per heavy atom. The van der Waals surface area contributed by atoms with Crippen molar-refractivity contribution in [3.63, 3.8) is 0 Å². The number of hydrogen-bond donors (Lipinski definition) is 3. The Labute approximate surface area is 185 Å². The first-order valence-corrected chi connectivity index (χ1v) is 10.2. The maximum Gasteiger partial charge on any atom is 0.315 e. The molecule has 3 rings (SSSR count). The molecule has 0 aliphatic rings. The molecule has 0 atom stereocenters. The Morgan fingerprint density at radius 1 is 1.22 bits per heavy atom. The first kappa shape index (κ1) is 23.1. The summed E-state index contributed by atoms with van der Waals surface area (Å²) in [7, 11) is 0. The van der Waals surface area contributed by atoms with Gasteiger partial charge in [0, 0.05) is 30.2 Å². The number of benzene rings is 1. The predicted molar refractivity (Wildman–Crippen MR) is 119 cm³/mol. The van der Waals surface area contributed by atoms with E-state index in [9.17, 15) is 13.6 Å². The van der Waals surface area contributed by atoms with Gasteiger partial charge in [-0.05, 0) is 57.0 Å². The van der Waals surface area contributed by atoms with Gasteiger partial charge in [-0.3, -0.25) is 4.68 Å². The van der Waals surface area contributed by atoms with Crippen LogP contribution in [0.4, 0.5) is 25.2 Å². The molecule has 2 amide bonds. The zero-order valence-corrected chi connectivity index (χ0v) is 18.5. The minimum Gasteiger partial charge on any atom is -0.338 e. The lowest BCUT2D eigenvalue weighted by atomic mass is 10.0. The maximum atomic E-state index is 12.9. The van der Waals surface area contributed by atoms with E-state index in [2.05, 4.69) is 31.0 Å². The summed E-state index contributed by atoms with van der Waals surface area (Å²) in [6.45, 7) is 8.68. The molecule has 3 aromatic rings. The van der Waals surface area contributed by atoms with E-state index in [0.29, 0.717) is 18.8 Å². The van der Waals surface area contributed by atoms with E-state index >= 15 is 0 Å². The number of urea groups is 1. The molecule has 1 aromatic carbocycles. The summed E-state index contributed by atoms with van der Waals surface area (Å²) in [5.74, 6) is 0.105. The highest BCUT2D eigenvalue weighted by Gasteiger charge is 2.21. The largest absolute Gasteiger partial charge is 0.338 e. The van der Waals surface area contributed by atoms with Gasteiger partial charge in [0.25, 0.3) is 6.43 Å². The third kappa shape index (κ3) is 6.22. The topological polar surface area (TPSA) is 96.8 Å². The zero-order valence-electron chi connectivity index (χ0n) is 18.5. The van der Waals surface area contributed by atoms with E-state index in [1.807, 2.05) is 52.1 Å². The second kappa shape index (κ2) is 9.71. The molecule has 3 N–H and O–H groups in total. The molecule has 2 aromatic heterocycles. The van der Waals surface area contributed by atoms with E-state index in [4.69, 9.17) is 0 Å². The lowest BCUT2D eigenvalue weighted by molar-refractivity contribution is 0.146. The van der Waals surface area contributed by atoms with Crippen molar-refractivity contribution in [1.82, 2.24) is 30.4 Å². The van der Waals surface area contributed by atoms with Crippen molar-refractivity contribution in [2.45, 2.75) is 46.2 Å². The van der Waals surface area contributed by atoms with Gasteiger partial charge < -0.3 is 16.0 Å². The number of halogens is 2. The van der Waals surface area contributed by atoms with Crippen molar-refractivity contribution in [3.05, 3.63) is 54.1 Å². The van der Waals surface area contributed by atoms with Gasteiger partial charge >= 0.3 is 6.03 Å². The van der Waals surface area contributed by atoms with Crippen LogP contribution in [0.1, 0.15) is 38.5 Å². The van der Waals surface area contributed by atoms with Gasteiger partial charge in [0.15, 0.2) is 0 Å². The average Bonchev–Trinajstić information content (AvgIpc) is 3.15.